The van der Waals surface area contributed by atoms with Crippen molar-refractivity contribution in [3.8, 4) is 5.75 Å². The van der Waals surface area contributed by atoms with E-state index >= 15 is 0 Å². The monoisotopic (exact) mass is 341 g/mol. The predicted molar refractivity (Wildman–Crippen MR) is 77.4 cm³/mol. The van der Waals surface area contributed by atoms with Crippen LogP contribution in [0.5, 0.6) is 5.75 Å². The van der Waals surface area contributed by atoms with Gasteiger partial charge in [-0.3, -0.25) is 0 Å². The summed E-state index contributed by atoms with van der Waals surface area (Å²) in [4.78, 5) is 0. The molecule has 0 spiro atoms. The molecule has 1 aromatic rings. The lowest BCUT2D eigenvalue weighted by Gasteiger charge is -2.26. The Morgan fingerprint density at radius 1 is 1.27 bits per heavy atom. The maximum Gasteiger partial charge on any atom is 0.422 e. The Morgan fingerprint density at radius 3 is 2.36 bits per heavy atom. The van der Waals surface area contributed by atoms with Crippen molar-refractivity contribution in [2.75, 3.05) is 6.61 Å². The number of nitrogens with one attached hydrogen (secondary N) is 1. The standard InChI is InChI=1S/C14H19F4NO2S/c1-9(19-22(20)13(2,3)4)10-5-6-11(15)12(7-10)21-8-14(16,17)18/h5-7,9,19H,8H2,1-4H3/t9-,22-/m1/s1. The minimum Gasteiger partial charge on any atom is -0.598 e. The van der Waals surface area contributed by atoms with Crippen molar-refractivity contribution in [2.24, 2.45) is 0 Å². The summed E-state index contributed by atoms with van der Waals surface area (Å²) >= 11 is -1.36. The first-order chi connectivity index (χ1) is 9.90. The normalized spacial score (nSPS) is 15.5. The predicted octanol–water partition coefficient (Wildman–Crippen LogP) is 3.88. The quantitative estimate of drug-likeness (QED) is 0.653. The van der Waals surface area contributed by atoms with Crippen LogP contribution >= 0.6 is 0 Å². The van der Waals surface area contributed by atoms with Crippen molar-refractivity contribution in [1.82, 2.24) is 4.72 Å². The molecule has 0 aliphatic heterocycles. The van der Waals surface area contributed by atoms with Crippen LogP contribution < -0.4 is 9.46 Å². The Kier molecular flexibility index (Phi) is 6.11. The zero-order chi connectivity index (χ0) is 17.1. The maximum atomic E-state index is 13.5. The molecule has 2 atom stereocenters. The van der Waals surface area contributed by atoms with E-state index in [0.29, 0.717) is 5.56 Å². The minimum atomic E-state index is -4.54. The molecular formula is C14H19F4NO2S. The smallest absolute Gasteiger partial charge is 0.422 e. The summed E-state index contributed by atoms with van der Waals surface area (Å²) in [5, 5.41) is 0. The second kappa shape index (κ2) is 7.06. The largest absolute Gasteiger partial charge is 0.598 e. The number of halogens is 4. The highest BCUT2D eigenvalue weighted by Crippen LogP contribution is 2.26. The Bertz CT molecular complexity index is 503. The topological polar surface area (TPSA) is 44.3 Å². The van der Waals surface area contributed by atoms with Gasteiger partial charge in [-0.25, -0.2) is 4.39 Å². The highest BCUT2D eigenvalue weighted by atomic mass is 32.2. The van der Waals surface area contributed by atoms with Crippen molar-refractivity contribution in [2.45, 2.75) is 44.7 Å². The fraction of sp³-hybridized carbons (Fsp3) is 0.571. The molecule has 0 fully saturated rings. The van der Waals surface area contributed by atoms with Gasteiger partial charge in [0.15, 0.2) is 18.2 Å². The van der Waals surface area contributed by atoms with Crippen molar-refractivity contribution >= 4 is 11.4 Å². The van der Waals surface area contributed by atoms with Gasteiger partial charge in [0, 0.05) is 11.4 Å². The number of rotatable bonds is 5. The molecule has 1 aromatic carbocycles. The van der Waals surface area contributed by atoms with Gasteiger partial charge in [0.2, 0.25) is 0 Å². The summed E-state index contributed by atoms with van der Waals surface area (Å²) in [5.74, 6) is -1.36. The first-order valence-electron chi connectivity index (χ1n) is 6.57. The molecule has 0 heterocycles. The summed E-state index contributed by atoms with van der Waals surface area (Å²) in [6.45, 7) is 5.47. The van der Waals surface area contributed by atoms with Crippen LogP contribution in [0.15, 0.2) is 18.2 Å². The first kappa shape index (κ1) is 19.1. The lowest BCUT2D eigenvalue weighted by molar-refractivity contribution is -0.153. The molecule has 22 heavy (non-hydrogen) atoms. The van der Waals surface area contributed by atoms with Gasteiger partial charge >= 0.3 is 6.18 Å². The van der Waals surface area contributed by atoms with Crippen LogP contribution in [-0.2, 0) is 11.4 Å². The molecule has 3 nitrogen and oxygen atoms in total. The number of hydrogen-bond acceptors (Lipinski definition) is 3. The van der Waals surface area contributed by atoms with Crippen LogP contribution in [0, 0.1) is 5.82 Å². The van der Waals surface area contributed by atoms with Crippen molar-refractivity contribution in [3.05, 3.63) is 29.6 Å². The van der Waals surface area contributed by atoms with Crippen molar-refractivity contribution in [3.63, 3.8) is 0 Å². The van der Waals surface area contributed by atoms with E-state index in [1.807, 2.05) is 0 Å². The van der Waals surface area contributed by atoms with E-state index in [1.165, 1.54) is 12.1 Å². The molecule has 0 bridgehead atoms. The van der Waals surface area contributed by atoms with E-state index in [4.69, 9.17) is 0 Å². The van der Waals surface area contributed by atoms with Crippen molar-refractivity contribution in [1.29, 1.82) is 0 Å². The molecule has 0 unspecified atom stereocenters. The Morgan fingerprint density at radius 2 is 1.86 bits per heavy atom. The van der Waals surface area contributed by atoms with Gasteiger partial charge in [0.05, 0.1) is 6.04 Å². The van der Waals surface area contributed by atoms with Gasteiger partial charge in [0.25, 0.3) is 0 Å². The molecule has 0 saturated carbocycles. The number of hydrogen-bond donors (Lipinski definition) is 1. The van der Waals surface area contributed by atoms with Crippen LogP contribution in [0.25, 0.3) is 0 Å². The van der Waals surface area contributed by atoms with Gasteiger partial charge in [-0.05, 0) is 45.4 Å². The average Bonchev–Trinajstić information content (AvgIpc) is 2.35. The molecule has 0 saturated heterocycles. The lowest BCUT2D eigenvalue weighted by atomic mass is 10.1. The minimum absolute atomic E-state index is 0.436. The summed E-state index contributed by atoms with van der Waals surface area (Å²) in [5.41, 5.74) is 0.483. The molecule has 1 N–H and O–H groups in total. The van der Waals surface area contributed by atoms with E-state index in [1.54, 1.807) is 27.7 Å². The maximum absolute atomic E-state index is 13.5. The van der Waals surface area contributed by atoms with Gasteiger partial charge in [0.1, 0.15) is 4.75 Å². The van der Waals surface area contributed by atoms with Crippen LogP contribution in [0.3, 0.4) is 0 Å². The van der Waals surface area contributed by atoms with Crippen LogP contribution in [0.4, 0.5) is 17.6 Å². The molecule has 126 valence electrons. The van der Waals surface area contributed by atoms with Crippen LogP contribution in [-0.4, -0.2) is 22.1 Å². The highest BCUT2D eigenvalue weighted by Gasteiger charge is 2.30. The highest BCUT2D eigenvalue weighted by molar-refractivity contribution is 7.90. The van der Waals surface area contributed by atoms with E-state index in [9.17, 15) is 22.1 Å². The second-order valence-electron chi connectivity index (χ2n) is 5.81. The Hall–Kier alpha value is -0.990. The molecule has 8 heteroatoms. The van der Waals surface area contributed by atoms with Gasteiger partial charge in [-0.2, -0.15) is 13.2 Å². The van der Waals surface area contributed by atoms with Crippen LogP contribution in [0.2, 0.25) is 0 Å². The van der Waals surface area contributed by atoms with E-state index < -0.39 is 46.5 Å². The summed E-state index contributed by atoms with van der Waals surface area (Å²) < 4.78 is 68.7. The average molecular weight is 341 g/mol. The van der Waals surface area contributed by atoms with Crippen LogP contribution in [0.1, 0.15) is 39.3 Å². The second-order valence-corrected chi connectivity index (χ2v) is 7.81. The Balaban J connectivity index is 2.83. The fourth-order valence-corrected chi connectivity index (χ4v) is 2.28. The van der Waals surface area contributed by atoms with Gasteiger partial charge < -0.3 is 9.29 Å². The number of benzene rings is 1. The first-order valence-corrected chi connectivity index (χ1v) is 7.72. The van der Waals surface area contributed by atoms with E-state index in [2.05, 4.69) is 9.46 Å². The lowest BCUT2D eigenvalue weighted by Crippen LogP contribution is -2.40. The third-order valence-corrected chi connectivity index (χ3v) is 4.37. The fourth-order valence-electron chi connectivity index (χ4n) is 1.46. The number of ether oxygens (including phenoxy) is 1. The van der Waals surface area contributed by atoms with Gasteiger partial charge in [-0.15, -0.1) is 4.72 Å². The SMILES string of the molecule is C[C@@H](N[S@+]([O-])C(C)(C)C)c1ccc(F)c(OCC(F)(F)F)c1. The Labute approximate surface area is 130 Å². The third-order valence-electron chi connectivity index (χ3n) is 2.69. The molecule has 0 aliphatic carbocycles. The summed E-state index contributed by atoms with van der Waals surface area (Å²) in [6, 6.07) is 3.18. The van der Waals surface area contributed by atoms with E-state index in [-0.39, 0.29) is 0 Å². The van der Waals surface area contributed by atoms with E-state index in [0.717, 1.165) is 6.07 Å². The molecule has 1 rings (SSSR count). The van der Waals surface area contributed by atoms with Crippen molar-refractivity contribution < 1.29 is 26.9 Å². The zero-order valence-corrected chi connectivity index (χ0v) is 13.6. The molecule has 0 aromatic heterocycles. The zero-order valence-electron chi connectivity index (χ0n) is 12.8. The number of alkyl halides is 3. The van der Waals surface area contributed by atoms with Gasteiger partial charge in [-0.1, -0.05) is 6.07 Å². The molecular weight excluding hydrogens is 322 g/mol. The third kappa shape index (κ3) is 6.02. The molecule has 0 radical (unpaired) electrons. The molecule has 0 aliphatic rings. The molecule has 0 amide bonds. The summed E-state index contributed by atoms with van der Waals surface area (Å²) in [7, 11) is 0. The summed E-state index contributed by atoms with van der Waals surface area (Å²) in [6.07, 6.45) is -4.54.